The molecular weight excluding hydrogens is 256 g/mol. The van der Waals surface area contributed by atoms with E-state index in [1.807, 2.05) is 6.92 Å². The van der Waals surface area contributed by atoms with Crippen molar-refractivity contribution in [1.29, 1.82) is 0 Å². The quantitative estimate of drug-likeness (QED) is 0.554. The van der Waals surface area contributed by atoms with Gasteiger partial charge in [-0.3, -0.25) is 9.59 Å². The van der Waals surface area contributed by atoms with Crippen LogP contribution in [0.4, 0.5) is 0 Å². The summed E-state index contributed by atoms with van der Waals surface area (Å²) < 4.78 is 10.1. The minimum absolute atomic E-state index is 0.0727. The van der Waals surface area contributed by atoms with Gasteiger partial charge in [-0.25, -0.2) is 0 Å². The van der Waals surface area contributed by atoms with Crippen LogP contribution in [0.15, 0.2) is 0 Å². The van der Waals surface area contributed by atoms with Crippen LogP contribution in [0.1, 0.15) is 59.8 Å². The van der Waals surface area contributed by atoms with E-state index in [9.17, 15) is 9.59 Å². The molecule has 1 fully saturated rings. The summed E-state index contributed by atoms with van der Waals surface area (Å²) in [6.45, 7) is 8.53. The van der Waals surface area contributed by atoms with Gasteiger partial charge < -0.3 is 9.47 Å². The highest BCUT2D eigenvalue weighted by molar-refractivity contribution is 5.72. The van der Waals surface area contributed by atoms with Crippen LogP contribution in [0.5, 0.6) is 0 Å². The number of hydrogen-bond donors (Lipinski definition) is 0. The van der Waals surface area contributed by atoms with E-state index in [1.165, 1.54) is 12.8 Å². The molecule has 0 saturated heterocycles. The van der Waals surface area contributed by atoms with Gasteiger partial charge in [-0.2, -0.15) is 0 Å². The molecule has 1 aliphatic rings. The van der Waals surface area contributed by atoms with Gasteiger partial charge in [0.1, 0.15) is 13.2 Å². The van der Waals surface area contributed by atoms with Crippen molar-refractivity contribution < 1.29 is 19.1 Å². The summed E-state index contributed by atoms with van der Waals surface area (Å²) in [5.74, 6) is -0.0933. The molecule has 0 radical (unpaired) electrons. The molecule has 0 amide bonds. The molecule has 0 aromatic heterocycles. The first-order chi connectivity index (χ1) is 9.35. The molecule has 20 heavy (non-hydrogen) atoms. The highest BCUT2D eigenvalue weighted by Gasteiger charge is 2.34. The standard InChI is InChI=1S/C16H28O4/c1-5-14(17)19-9-10-20-15(18)12(2)13-7-6-8-16(3,4)11-13/h12-13H,5-11H2,1-4H3/t12-,13?/m0/s1. The first-order valence-electron chi connectivity index (χ1n) is 7.68. The fraction of sp³-hybridized carbons (Fsp3) is 0.875. The number of esters is 2. The van der Waals surface area contributed by atoms with Crippen molar-refractivity contribution in [3.63, 3.8) is 0 Å². The van der Waals surface area contributed by atoms with Crippen LogP contribution in [0, 0.1) is 17.3 Å². The number of hydrogen-bond acceptors (Lipinski definition) is 4. The van der Waals surface area contributed by atoms with Crippen LogP contribution in [0.2, 0.25) is 0 Å². The van der Waals surface area contributed by atoms with E-state index < -0.39 is 0 Å². The van der Waals surface area contributed by atoms with Crippen molar-refractivity contribution in [2.24, 2.45) is 17.3 Å². The molecular formula is C16H28O4. The second kappa shape index (κ2) is 7.65. The first-order valence-corrected chi connectivity index (χ1v) is 7.68. The Balaban J connectivity index is 2.30. The Bertz CT molecular complexity index is 335. The number of ether oxygens (including phenoxy) is 2. The average molecular weight is 284 g/mol. The lowest BCUT2D eigenvalue weighted by Crippen LogP contribution is -2.31. The van der Waals surface area contributed by atoms with E-state index in [2.05, 4.69) is 13.8 Å². The zero-order valence-electron chi connectivity index (χ0n) is 13.2. The van der Waals surface area contributed by atoms with Crippen molar-refractivity contribution in [1.82, 2.24) is 0 Å². The Morgan fingerprint density at radius 3 is 2.50 bits per heavy atom. The predicted molar refractivity (Wildman–Crippen MR) is 77.1 cm³/mol. The normalized spacial score (nSPS) is 22.9. The Morgan fingerprint density at radius 2 is 1.90 bits per heavy atom. The molecule has 0 aliphatic heterocycles. The smallest absolute Gasteiger partial charge is 0.309 e. The molecule has 1 saturated carbocycles. The van der Waals surface area contributed by atoms with E-state index in [0.717, 1.165) is 12.8 Å². The van der Waals surface area contributed by atoms with Gasteiger partial charge in [0.15, 0.2) is 0 Å². The van der Waals surface area contributed by atoms with Crippen LogP contribution < -0.4 is 0 Å². The maximum atomic E-state index is 12.0. The van der Waals surface area contributed by atoms with Crippen molar-refractivity contribution in [3.05, 3.63) is 0 Å². The molecule has 116 valence electrons. The van der Waals surface area contributed by atoms with E-state index in [0.29, 0.717) is 17.8 Å². The fourth-order valence-corrected chi connectivity index (χ4v) is 2.91. The van der Waals surface area contributed by atoms with Crippen molar-refractivity contribution >= 4 is 11.9 Å². The van der Waals surface area contributed by atoms with Crippen LogP contribution in [0.25, 0.3) is 0 Å². The largest absolute Gasteiger partial charge is 0.462 e. The lowest BCUT2D eigenvalue weighted by Gasteiger charge is -2.37. The predicted octanol–water partition coefficient (Wildman–Crippen LogP) is 3.34. The van der Waals surface area contributed by atoms with E-state index in [1.54, 1.807) is 6.92 Å². The van der Waals surface area contributed by atoms with Gasteiger partial charge in [-0.05, 0) is 30.6 Å². The molecule has 2 atom stereocenters. The van der Waals surface area contributed by atoms with Gasteiger partial charge in [0.25, 0.3) is 0 Å². The van der Waals surface area contributed by atoms with Crippen LogP contribution in [-0.4, -0.2) is 25.2 Å². The van der Waals surface area contributed by atoms with Crippen LogP contribution >= 0.6 is 0 Å². The van der Waals surface area contributed by atoms with Gasteiger partial charge >= 0.3 is 11.9 Å². The zero-order chi connectivity index (χ0) is 15.2. The molecule has 0 heterocycles. The molecule has 1 unspecified atom stereocenters. The molecule has 4 heteroatoms. The molecule has 0 bridgehead atoms. The summed E-state index contributed by atoms with van der Waals surface area (Å²) in [5, 5.41) is 0. The number of carbonyl (C=O) groups excluding carboxylic acids is 2. The third-order valence-electron chi connectivity index (χ3n) is 4.20. The van der Waals surface area contributed by atoms with Gasteiger partial charge in [-0.1, -0.05) is 34.1 Å². The highest BCUT2D eigenvalue weighted by atomic mass is 16.6. The van der Waals surface area contributed by atoms with Gasteiger partial charge in [0.2, 0.25) is 0 Å². The average Bonchev–Trinajstić information content (AvgIpc) is 2.41. The lowest BCUT2D eigenvalue weighted by molar-refractivity contribution is -0.156. The monoisotopic (exact) mass is 284 g/mol. The maximum absolute atomic E-state index is 12.0. The number of carbonyl (C=O) groups is 2. The molecule has 4 nitrogen and oxygen atoms in total. The zero-order valence-corrected chi connectivity index (χ0v) is 13.2. The van der Waals surface area contributed by atoms with Crippen LogP contribution in [-0.2, 0) is 19.1 Å². The van der Waals surface area contributed by atoms with Crippen molar-refractivity contribution in [2.45, 2.75) is 59.8 Å². The van der Waals surface area contributed by atoms with Gasteiger partial charge in [0, 0.05) is 6.42 Å². The van der Waals surface area contributed by atoms with Crippen molar-refractivity contribution in [2.75, 3.05) is 13.2 Å². The number of rotatable bonds is 6. The summed E-state index contributed by atoms with van der Waals surface area (Å²) in [6, 6.07) is 0. The van der Waals surface area contributed by atoms with E-state index in [-0.39, 0.29) is 31.1 Å². The Morgan fingerprint density at radius 1 is 1.25 bits per heavy atom. The second-order valence-electron chi connectivity index (χ2n) is 6.55. The molecule has 1 aliphatic carbocycles. The maximum Gasteiger partial charge on any atom is 0.309 e. The summed E-state index contributed by atoms with van der Waals surface area (Å²) in [5.41, 5.74) is 0.327. The summed E-state index contributed by atoms with van der Waals surface area (Å²) in [4.78, 5) is 23.0. The summed E-state index contributed by atoms with van der Waals surface area (Å²) >= 11 is 0. The van der Waals surface area contributed by atoms with Gasteiger partial charge in [-0.15, -0.1) is 0 Å². The lowest BCUT2D eigenvalue weighted by atomic mass is 9.68. The molecule has 1 rings (SSSR count). The minimum Gasteiger partial charge on any atom is -0.462 e. The fourth-order valence-electron chi connectivity index (χ4n) is 2.91. The van der Waals surface area contributed by atoms with Crippen LogP contribution in [0.3, 0.4) is 0 Å². The SMILES string of the molecule is CCC(=O)OCCOC(=O)[C@@H](C)C1CCCC(C)(C)C1. The highest BCUT2D eigenvalue weighted by Crippen LogP contribution is 2.41. The third-order valence-corrected chi connectivity index (χ3v) is 4.20. The van der Waals surface area contributed by atoms with Gasteiger partial charge in [0.05, 0.1) is 5.92 Å². The Hall–Kier alpha value is -1.06. The molecule has 0 N–H and O–H groups in total. The van der Waals surface area contributed by atoms with E-state index in [4.69, 9.17) is 9.47 Å². The van der Waals surface area contributed by atoms with Crippen molar-refractivity contribution in [3.8, 4) is 0 Å². The topological polar surface area (TPSA) is 52.6 Å². The minimum atomic E-state index is -0.261. The molecule has 0 aromatic carbocycles. The Labute approximate surface area is 122 Å². The summed E-state index contributed by atoms with van der Waals surface area (Å²) in [7, 11) is 0. The van der Waals surface area contributed by atoms with E-state index >= 15 is 0 Å². The first kappa shape index (κ1) is 17.0. The molecule has 0 aromatic rings. The molecule has 0 spiro atoms. The second-order valence-corrected chi connectivity index (χ2v) is 6.55. The Kier molecular flexibility index (Phi) is 6.50. The summed E-state index contributed by atoms with van der Waals surface area (Å²) in [6.07, 6.45) is 4.95. The third kappa shape index (κ3) is 5.51.